The van der Waals surface area contributed by atoms with Crippen molar-refractivity contribution in [2.24, 2.45) is 0 Å². The van der Waals surface area contributed by atoms with Gasteiger partial charge in [0, 0.05) is 32.7 Å². The Kier molecular flexibility index (Phi) is 6.83. The third-order valence-electron chi connectivity index (χ3n) is 5.37. The van der Waals surface area contributed by atoms with Gasteiger partial charge in [-0.05, 0) is 42.3 Å². The molecule has 168 valence electrons. The SMILES string of the molecule is Cc1ccc(F)c(NC(=O)c2coc(CN3CCN(Cc4ccc(F)c(Cl)c4)CC3)n2)c1. The number of aromatic nitrogens is 1. The molecule has 1 aliphatic heterocycles. The number of nitrogens with zero attached hydrogens (tertiary/aromatic N) is 3. The summed E-state index contributed by atoms with van der Waals surface area (Å²) in [6.45, 7) is 6.25. The molecule has 9 heteroatoms. The molecule has 2 heterocycles. The molecule has 0 bridgehead atoms. The third-order valence-corrected chi connectivity index (χ3v) is 5.66. The summed E-state index contributed by atoms with van der Waals surface area (Å²) in [4.78, 5) is 21.1. The maximum Gasteiger partial charge on any atom is 0.277 e. The molecule has 6 nitrogen and oxygen atoms in total. The number of amides is 1. The first kappa shape index (κ1) is 22.4. The summed E-state index contributed by atoms with van der Waals surface area (Å²) < 4.78 is 32.7. The van der Waals surface area contributed by atoms with Crippen molar-refractivity contribution in [3.8, 4) is 0 Å². The van der Waals surface area contributed by atoms with E-state index >= 15 is 0 Å². The van der Waals surface area contributed by atoms with Gasteiger partial charge in [0.05, 0.1) is 17.3 Å². The minimum absolute atomic E-state index is 0.104. The lowest BCUT2D eigenvalue weighted by Gasteiger charge is -2.34. The average molecular weight is 461 g/mol. The molecule has 0 unspecified atom stereocenters. The Bertz CT molecular complexity index is 1110. The van der Waals surface area contributed by atoms with Crippen LogP contribution in [0.4, 0.5) is 14.5 Å². The molecule has 0 radical (unpaired) electrons. The second-order valence-electron chi connectivity index (χ2n) is 7.86. The molecule has 1 N–H and O–H groups in total. The number of nitrogens with one attached hydrogen (secondary N) is 1. The number of carbonyl (C=O) groups is 1. The highest BCUT2D eigenvalue weighted by Crippen LogP contribution is 2.19. The Morgan fingerprint density at radius 3 is 2.47 bits per heavy atom. The molecule has 0 saturated carbocycles. The molecule has 0 atom stereocenters. The lowest BCUT2D eigenvalue weighted by Crippen LogP contribution is -2.45. The van der Waals surface area contributed by atoms with Crippen LogP contribution in [-0.2, 0) is 13.1 Å². The second kappa shape index (κ2) is 9.77. The summed E-state index contributed by atoms with van der Waals surface area (Å²) in [5.74, 6) is -1.01. The van der Waals surface area contributed by atoms with Gasteiger partial charge in [-0.2, -0.15) is 0 Å². The van der Waals surface area contributed by atoms with Gasteiger partial charge in [0.2, 0.25) is 5.89 Å². The molecular weight excluding hydrogens is 438 g/mol. The van der Waals surface area contributed by atoms with Crippen LogP contribution in [0.25, 0.3) is 0 Å². The number of aryl methyl sites for hydroxylation is 1. The van der Waals surface area contributed by atoms with Gasteiger partial charge in [-0.1, -0.05) is 23.7 Å². The monoisotopic (exact) mass is 460 g/mol. The fraction of sp³-hybridized carbons (Fsp3) is 0.304. The van der Waals surface area contributed by atoms with Crippen LogP contribution in [0, 0.1) is 18.6 Å². The molecule has 0 aliphatic carbocycles. The van der Waals surface area contributed by atoms with E-state index in [4.69, 9.17) is 16.0 Å². The molecule has 1 saturated heterocycles. The number of carbonyl (C=O) groups excluding carboxylic acids is 1. The number of anilines is 1. The van der Waals surface area contributed by atoms with Gasteiger partial charge < -0.3 is 9.73 Å². The van der Waals surface area contributed by atoms with Crippen LogP contribution >= 0.6 is 11.6 Å². The highest BCUT2D eigenvalue weighted by Gasteiger charge is 2.20. The Balaban J connectivity index is 1.28. The predicted octanol–water partition coefficient (Wildman–Crippen LogP) is 4.48. The van der Waals surface area contributed by atoms with Gasteiger partial charge in [0.25, 0.3) is 5.91 Å². The minimum atomic E-state index is -0.521. The summed E-state index contributed by atoms with van der Waals surface area (Å²) in [7, 11) is 0. The second-order valence-corrected chi connectivity index (χ2v) is 8.27. The average Bonchev–Trinajstić information content (AvgIpc) is 3.23. The zero-order chi connectivity index (χ0) is 22.7. The number of hydrogen-bond acceptors (Lipinski definition) is 5. The van der Waals surface area contributed by atoms with Crippen molar-refractivity contribution < 1.29 is 18.0 Å². The van der Waals surface area contributed by atoms with Crippen LogP contribution in [0.5, 0.6) is 0 Å². The van der Waals surface area contributed by atoms with Crippen molar-refractivity contribution in [3.63, 3.8) is 0 Å². The smallest absolute Gasteiger partial charge is 0.277 e. The maximum atomic E-state index is 13.9. The van der Waals surface area contributed by atoms with E-state index in [1.165, 1.54) is 18.4 Å². The Morgan fingerprint density at radius 1 is 1.06 bits per heavy atom. The normalized spacial score (nSPS) is 15.1. The van der Waals surface area contributed by atoms with E-state index in [9.17, 15) is 13.6 Å². The van der Waals surface area contributed by atoms with Crippen LogP contribution in [0.3, 0.4) is 0 Å². The summed E-state index contributed by atoms with van der Waals surface area (Å²) in [6, 6.07) is 9.29. The lowest BCUT2D eigenvalue weighted by atomic mass is 10.2. The number of halogens is 3. The van der Waals surface area contributed by atoms with Crippen molar-refractivity contribution in [1.82, 2.24) is 14.8 Å². The largest absolute Gasteiger partial charge is 0.447 e. The van der Waals surface area contributed by atoms with Gasteiger partial charge in [0.1, 0.15) is 17.9 Å². The molecule has 1 aromatic heterocycles. The van der Waals surface area contributed by atoms with Gasteiger partial charge in [-0.15, -0.1) is 0 Å². The quantitative estimate of drug-likeness (QED) is 0.587. The molecule has 32 heavy (non-hydrogen) atoms. The molecule has 2 aromatic carbocycles. The van der Waals surface area contributed by atoms with Crippen LogP contribution < -0.4 is 5.32 Å². The minimum Gasteiger partial charge on any atom is -0.447 e. The van der Waals surface area contributed by atoms with E-state index in [1.807, 2.05) is 6.92 Å². The Hall–Kier alpha value is -2.81. The van der Waals surface area contributed by atoms with E-state index in [-0.39, 0.29) is 16.4 Å². The molecule has 1 aliphatic rings. The van der Waals surface area contributed by atoms with Gasteiger partial charge in [-0.25, -0.2) is 13.8 Å². The first-order valence-electron chi connectivity index (χ1n) is 10.3. The third kappa shape index (κ3) is 5.51. The summed E-state index contributed by atoms with van der Waals surface area (Å²) in [6.07, 6.45) is 1.28. The molecule has 1 amide bonds. The number of benzene rings is 2. The first-order valence-corrected chi connectivity index (χ1v) is 10.7. The summed E-state index contributed by atoms with van der Waals surface area (Å²) in [5, 5.41) is 2.67. The highest BCUT2D eigenvalue weighted by atomic mass is 35.5. The van der Waals surface area contributed by atoms with Crippen molar-refractivity contribution in [3.05, 3.63) is 82.0 Å². The van der Waals surface area contributed by atoms with E-state index in [1.54, 1.807) is 24.3 Å². The van der Waals surface area contributed by atoms with Gasteiger partial charge in [-0.3, -0.25) is 14.6 Å². The molecular formula is C23H23ClF2N4O2. The predicted molar refractivity (Wildman–Crippen MR) is 118 cm³/mol. The first-order chi connectivity index (χ1) is 15.4. The van der Waals surface area contributed by atoms with Crippen LogP contribution in [0.1, 0.15) is 27.5 Å². The number of hydrogen-bond donors (Lipinski definition) is 1. The van der Waals surface area contributed by atoms with Crippen molar-refractivity contribution in [2.75, 3.05) is 31.5 Å². The summed E-state index contributed by atoms with van der Waals surface area (Å²) >= 11 is 5.86. The Labute approximate surface area is 189 Å². The van der Waals surface area contributed by atoms with Crippen molar-refractivity contribution in [2.45, 2.75) is 20.0 Å². The number of piperazine rings is 1. The van der Waals surface area contributed by atoms with Crippen LogP contribution in [0.15, 0.2) is 47.1 Å². The fourth-order valence-electron chi connectivity index (χ4n) is 3.60. The van der Waals surface area contributed by atoms with E-state index in [0.29, 0.717) is 19.0 Å². The zero-order valence-electron chi connectivity index (χ0n) is 17.6. The highest BCUT2D eigenvalue weighted by molar-refractivity contribution is 6.30. The topological polar surface area (TPSA) is 61.6 Å². The van der Waals surface area contributed by atoms with E-state index in [2.05, 4.69) is 20.1 Å². The van der Waals surface area contributed by atoms with E-state index < -0.39 is 17.5 Å². The summed E-state index contributed by atoms with van der Waals surface area (Å²) in [5.41, 5.74) is 2.02. The lowest BCUT2D eigenvalue weighted by molar-refractivity contribution is 0.102. The molecule has 3 aromatic rings. The maximum absolute atomic E-state index is 13.9. The van der Waals surface area contributed by atoms with Crippen molar-refractivity contribution in [1.29, 1.82) is 0 Å². The number of oxazole rings is 1. The molecule has 0 spiro atoms. The molecule has 4 rings (SSSR count). The molecule has 1 fully saturated rings. The van der Waals surface area contributed by atoms with E-state index in [0.717, 1.165) is 37.3 Å². The standard InChI is InChI=1S/C23H23ClF2N4O2/c1-15-2-4-19(26)20(10-15)28-23(31)21-14-32-22(27-21)13-30-8-6-29(7-9-30)12-16-3-5-18(25)17(24)11-16/h2-5,10-11,14H,6-9,12-13H2,1H3,(H,28,31). The van der Waals surface area contributed by atoms with Crippen molar-refractivity contribution >= 4 is 23.2 Å². The van der Waals surface area contributed by atoms with Gasteiger partial charge in [0.15, 0.2) is 5.69 Å². The number of rotatable bonds is 6. The Morgan fingerprint density at radius 2 is 1.75 bits per heavy atom. The van der Waals surface area contributed by atoms with Gasteiger partial charge >= 0.3 is 0 Å². The van der Waals surface area contributed by atoms with Crippen LogP contribution in [0.2, 0.25) is 5.02 Å². The van der Waals surface area contributed by atoms with Crippen LogP contribution in [-0.4, -0.2) is 46.9 Å². The fourth-order valence-corrected chi connectivity index (χ4v) is 3.81. The zero-order valence-corrected chi connectivity index (χ0v) is 18.3.